The Labute approximate surface area is 91.3 Å². The van der Waals surface area contributed by atoms with Crippen LogP contribution in [0.4, 0.5) is 4.39 Å². The highest BCUT2D eigenvalue weighted by Crippen LogP contribution is 2.33. The Balaban J connectivity index is 3.10. The van der Waals surface area contributed by atoms with Crippen LogP contribution < -0.4 is 10.5 Å². The molecule has 1 rings (SSSR count). The largest absolute Gasteiger partial charge is 0.504 e. The van der Waals surface area contributed by atoms with Crippen molar-refractivity contribution < 1.29 is 24.1 Å². The third-order valence-electron chi connectivity index (χ3n) is 2.10. The van der Waals surface area contributed by atoms with Gasteiger partial charge in [-0.25, -0.2) is 4.39 Å². The van der Waals surface area contributed by atoms with Gasteiger partial charge in [-0.15, -0.1) is 0 Å². The molecule has 0 aliphatic carbocycles. The molecule has 5 nitrogen and oxygen atoms in total. The number of hydrogen-bond donors (Lipinski definition) is 3. The van der Waals surface area contributed by atoms with Gasteiger partial charge in [0.15, 0.2) is 17.3 Å². The molecule has 16 heavy (non-hydrogen) atoms. The smallest absolute Gasteiger partial charge is 0.305 e. The lowest BCUT2D eigenvalue weighted by Gasteiger charge is -2.13. The van der Waals surface area contributed by atoms with E-state index in [9.17, 15) is 14.3 Å². The lowest BCUT2D eigenvalue weighted by atomic mass is 10.0. The van der Waals surface area contributed by atoms with Crippen molar-refractivity contribution in [3.8, 4) is 11.5 Å². The monoisotopic (exact) mass is 229 g/mol. The third-order valence-corrected chi connectivity index (χ3v) is 2.10. The quantitative estimate of drug-likeness (QED) is 0.716. The fourth-order valence-corrected chi connectivity index (χ4v) is 1.34. The molecule has 88 valence electrons. The first-order valence-corrected chi connectivity index (χ1v) is 4.50. The first-order valence-electron chi connectivity index (χ1n) is 4.50. The number of carboxylic acids is 1. The molecule has 6 heteroatoms. The van der Waals surface area contributed by atoms with E-state index in [0.717, 1.165) is 0 Å². The second-order valence-electron chi connectivity index (χ2n) is 3.23. The predicted molar refractivity (Wildman–Crippen MR) is 53.8 cm³/mol. The molecule has 1 atom stereocenters. The van der Waals surface area contributed by atoms with Crippen LogP contribution >= 0.6 is 0 Å². The van der Waals surface area contributed by atoms with Gasteiger partial charge in [-0.1, -0.05) is 6.07 Å². The first kappa shape index (κ1) is 12.3. The van der Waals surface area contributed by atoms with Crippen LogP contribution in [0.5, 0.6) is 11.5 Å². The fraction of sp³-hybridized carbons (Fsp3) is 0.300. The van der Waals surface area contributed by atoms with Crippen molar-refractivity contribution in [2.24, 2.45) is 5.73 Å². The van der Waals surface area contributed by atoms with E-state index in [4.69, 9.17) is 10.8 Å². The zero-order chi connectivity index (χ0) is 12.3. The van der Waals surface area contributed by atoms with Gasteiger partial charge in [0.2, 0.25) is 0 Å². The van der Waals surface area contributed by atoms with Crippen LogP contribution in [0.3, 0.4) is 0 Å². The van der Waals surface area contributed by atoms with Crippen molar-refractivity contribution in [1.29, 1.82) is 0 Å². The second kappa shape index (κ2) is 4.80. The summed E-state index contributed by atoms with van der Waals surface area (Å²) in [5.74, 6) is -2.65. The number of aliphatic carboxylic acids is 1. The average Bonchev–Trinajstić information content (AvgIpc) is 2.17. The minimum Gasteiger partial charge on any atom is -0.504 e. The number of aromatic hydroxyl groups is 1. The Morgan fingerprint density at radius 1 is 1.62 bits per heavy atom. The van der Waals surface area contributed by atoms with Crippen LogP contribution in [0.1, 0.15) is 18.0 Å². The van der Waals surface area contributed by atoms with E-state index in [1.807, 2.05) is 0 Å². The normalized spacial score (nSPS) is 12.2. The first-order chi connectivity index (χ1) is 7.47. The number of rotatable bonds is 4. The highest BCUT2D eigenvalue weighted by Gasteiger charge is 2.20. The van der Waals surface area contributed by atoms with E-state index in [0.29, 0.717) is 0 Å². The Kier molecular flexibility index (Phi) is 3.68. The van der Waals surface area contributed by atoms with Crippen LogP contribution in [-0.2, 0) is 4.79 Å². The number of methoxy groups -OCH3 is 1. The summed E-state index contributed by atoms with van der Waals surface area (Å²) >= 11 is 0. The summed E-state index contributed by atoms with van der Waals surface area (Å²) in [4.78, 5) is 10.4. The molecule has 0 bridgehead atoms. The van der Waals surface area contributed by atoms with Gasteiger partial charge in [0.25, 0.3) is 0 Å². The number of halogens is 1. The summed E-state index contributed by atoms with van der Waals surface area (Å²) < 4.78 is 18.3. The van der Waals surface area contributed by atoms with E-state index in [2.05, 4.69) is 4.74 Å². The predicted octanol–water partition coefficient (Wildman–Crippen LogP) is 1.01. The van der Waals surface area contributed by atoms with E-state index < -0.39 is 24.2 Å². The summed E-state index contributed by atoms with van der Waals surface area (Å²) in [6.45, 7) is 0. The maximum absolute atomic E-state index is 13.7. The van der Waals surface area contributed by atoms with Crippen molar-refractivity contribution >= 4 is 5.97 Å². The summed E-state index contributed by atoms with van der Waals surface area (Å²) in [5, 5.41) is 17.8. The van der Waals surface area contributed by atoms with Crippen LogP contribution in [0.25, 0.3) is 0 Å². The molecule has 0 radical (unpaired) electrons. The zero-order valence-corrected chi connectivity index (χ0v) is 8.61. The SMILES string of the molecule is COc1c(O)ccc(C(N)CC(=O)O)c1F. The van der Waals surface area contributed by atoms with Gasteiger partial charge in [0, 0.05) is 11.6 Å². The Bertz CT molecular complexity index is 408. The number of ether oxygens (including phenoxy) is 1. The molecule has 1 aromatic carbocycles. The number of nitrogens with two attached hydrogens (primary N) is 1. The molecule has 0 spiro atoms. The average molecular weight is 229 g/mol. The molecule has 0 fully saturated rings. The highest BCUT2D eigenvalue weighted by molar-refractivity contribution is 5.68. The lowest BCUT2D eigenvalue weighted by molar-refractivity contribution is -0.137. The third kappa shape index (κ3) is 2.40. The highest BCUT2D eigenvalue weighted by atomic mass is 19.1. The van der Waals surface area contributed by atoms with Crippen LogP contribution in [0, 0.1) is 5.82 Å². The molecule has 0 aliphatic rings. The topological polar surface area (TPSA) is 92.8 Å². The minimum absolute atomic E-state index is 0.00273. The summed E-state index contributed by atoms with van der Waals surface area (Å²) in [6.07, 6.45) is -0.398. The summed E-state index contributed by atoms with van der Waals surface area (Å²) in [7, 11) is 1.20. The Morgan fingerprint density at radius 2 is 2.25 bits per heavy atom. The van der Waals surface area contributed by atoms with Gasteiger partial charge in [0.05, 0.1) is 13.5 Å². The molecular formula is C10H12FNO4. The fourth-order valence-electron chi connectivity index (χ4n) is 1.34. The molecule has 0 aromatic heterocycles. The molecule has 1 unspecified atom stereocenters. The van der Waals surface area contributed by atoms with E-state index in [1.165, 1.54) is 19.2 Å². The second-order valence-corrected chi connectivity index (χ2v) is 3.23. The molecule has 0 heterocycles. The zero-order valence-electron chi connectivity index (χ0n) is 8.61. The molecule has 0 saturated heterocycles. The molecule has 0 saturated carbocycles. The number of carbonyl (C=O) groups is 1. The van der Waals surface area contributed by atoms with Crippen molar-refractivity contribution in [2.45, 2.75) is 12.5 Å². The van der Waals surface area contributed by atoms with Crippen LogP contribution in [0.2, 0.25) is 0 Å². The van der Waals surface area contributed by atoms with Gasteiger partial charge in [-0.2, -0.15) is 0 Å². The van der Waals surface area contributed by atoms with Crippen molar-refractivity contribution in [3.05, 3.63) is 23.5 Å². The van der Waals surface area contributed by atoms with Gasteiger partial charge < -0.3 is 20.7 Å². The standard InChI is InChI=1S/C10H12FNO4/c1-16-10-7(13)3-2-5(9(10)11)6(12)4-8(14)15/h2-3,6,13H,4,12H2,1H3,(H,14,15). The molecule has 0 aliphatic heterocycles. The Morgan fingerprint density at radius 3 is 2.75 bits per heavy atom. The van der Waals surface area contributed by atoms with Gasteiger partial charge in [-0.3, -0.25) is 4.79 Å². The van der Waals surface area contributed by atoms with E-state index in [-0.39, 0.29) is 17.1 Å². The minimum atomic E-state index is -1.13. The Hall–Kier alpha value is -1.82. The maximum atomic E-state index is 13.7. The number of phenolic OH excluding ortho intramolecular Hbond substituents is 1. The number of carboxylic acid groups (broad SMARTS) is 1. The number of hydrogen-bond acceptors (Lipinski definition) is 4. The van der Waals surface area contributed by atoms with Gasteiger partial charge >= 0.3 is 5.97 Å². The van der Waals surface area contributed by atoms with Gasteiger partial charge in [0.1, 0.15) is 0 Å². The molecule has 0 amide bonds. The van der Waals surface area contributed by atoms with E-state index >= 15 is 0 Å². The van der Waals surface area contributed by atoms with Crippen molar-refractivity contribution in [3.63, 3.8) is 0 Å². The number of benzene rings is 1. The molecule has 4 N–H and O–H groups in total. The summed E-state index contributed by atoms with van der Waals surface area (Å²) in [5.41, 5.74) is 5.51. The van der Waals surface area contributed by atoms with E-state index in [1.54, 1.807) is 0 Å². The van der Waals surface area contributed by atoms with Crippen molar-refractivity contribution in [1.82, 2.24) is 0 Å². The van der Waals surface area contributed by atoms with Crippen LogP contribution in [0.15, 0.2) is 12.1 Å². The van der Waals surface area contributed by atoms with Crippen molar-refractivity contribution in [2.75, 3.05) is 7.11 Å². The maximum Gasteiger partial charge on any atom is 0.305 e. The lowest BCUT2D eigenvalue weighted by Crippen LogP contribution is -2.16. The van der Waals surface area contributed by atoms with Crippen LogP contribution in [-0.4, -0.2) is 23.3 Å². The summed E-state index contributed by atoms with van der Waals surface area (Å²) in [6, 6.07) is 1.46. The number of phenols is 1. The molecule has 1 aromatic rings. The molecular weight excluding hydrogens is 217 g/mol. The van der Waals surface area contributed by atoms with Gasteiger partial charge in [-0.05, 0) is 6.07 Å².